The zero-order chi connectivity index (χ0) is 19.2. The van der Waals surface area contributed by atoms with E-state index in [0.717, 1.165) is 5.56 Å². The SMILES string of the molecule is CCOc1ccccc1OCC(=O)Nc1cc(C(C)(C)C)ccc1OC. The number of anilines is 1. The number of ether oxygens (including phenoxy) is 3. The molecule has 0 spiro atoms. The summed E-state index contributed by atoms with van der Waals surface area (Å²) in [6.45, 7) is 8.67. The van der Waals surface area contributed by atoms with Crippen molar-refractivity contribution in [3.8, 4) is 17.2 Å². The van der Waals surface area contributed by atoms with Gasteiger partial charge in [0.15, 0.2) is 18.1 Å². The van der Waals surface area contributed by atoms with Crippen LogP contribution in [0.4, 0.5) is 5.69 Å². The molecule has 0 fully saturated rings. The molecule has 0 aliphatic rings. The molecule has 0 aromatic heterocycles. The summed E-state index contributed by atoms with van der Waals surface area (Å²) in [7, 11) is 1.58. The molecule has 0 bridgehead atoms. The van der Waals surface area contributed by atoms with Crippen molar-refractivity contribution >= 4 is 11.6 Å². The number of nitrogens with one attached hydrogen (secondary N) is 1. The minimum Gasteiger partial charge on any atom is -0.495 e. The second-order valence-electron chi connectivity index (χ2n) is 6.88. The minimum absolute atomic E-state index is 0.0291. The fourth-order valence-corrected chi connectivity index (χ4v) is 2.45. The number of hydrogen-bond donors (Lipinski definition) is 1. The summed E-state index contributed by atoms with van der Waals surface area (Å²) in [5.41, 5.74) is 1.71. The fourth-order valence-electron chi connectivity index (χ4n) is 2.45. The van der Waals surface area contributed by atoms with Crippen LogP contribution in [0.1, 0.15) is 33.3 Å². The third kappa shape index (κ3) is 5.15. The van der Waals surface area contributed by atoms with Gasteiger partial charge in [-0.25, -0.2) is 0 Å². The second kappa shape index (κ2) is 8.61. The van der Waals surface area contributed by atoms with Crippen LogP contribution in [0.3, 0.4) is 0 Å². The second-order valence-corrected chi connectivity index (χ2v) is 6.88. The van der Waals surface area contributed by atoms with Crippen LogP contribution in [-0.2, 0) is 10.2 Å². The number of para-hydroxylation sites is 2. The zero-order valence-electron chi connectivity index (χ0n) is 16.1. The van der Waals surface area contributed by atoms with Crippen molar-refractivity contribution in [1.29, 1.82) is 0 Å². The number of amides is 1. The van der Waals surface area contributed by atoms with Crippen molar-refractivity contribution in [1.82, 2.24) is 0 Å². The van der Waals surface area contributed by atoms with Crippen LogP contribution in [0.25, 0.3) is 0 Å². The Balaban J connectivity index is 2.08. The Labute approximate surface area is 155 Å². The molecule has 1 N–H and O–H groups in total. The highest BCUT2D eigenvalue weighted by Gasteiger charge is 2.17. The highest BCUT2D eigenvalue weighted by molar-refractivity contribution is 5.93. The van der Waals surface area contributed by atoms with Gasteiger partial charge in [-0.05, 0) is 42.2 Å². The van der Waals surface area contributed by atoms with E-state index < -0.39 is 0 Å². The number of methoxy groups -OCH3 is 1. The lowest BCUT2D eigenvalue weighted by Gasteiger charge is -2.21. The lowest BCUT2D eigenvalue weighted by Crippen LogP contribution is -2.21. The molecule has 0 atom stereocenters. The quantitative estimate of drug-likeness (QED) is 0.797. The largest absolute Gasteiger partial charge is 0.495 e. The maximum atomic E-state index is 12.4. The molecular weight excluding hydrogens is 330 g/mol. The van der Waals surface area contributed by atoms with Gasteiger partial charge in [-0.15, -0.1) is 0 Å². The van der Waals surface area contributed by atoms with Crippen LogP contribution < -0.4 is 19.5 Å². The summed E-state index contributed by atoms with van der Waals surface area (Å²) in [4.78, 5) is 12.4. The van der Waals surface area contributed by atoms with E-state index in [1.807, 2.05) is 43.3 Å². The predicted molar refractivity (Wildman–Crippen MR) is 103 cm³/mol. The number of rotatable bonds is 7. The monoisotopic (exact) mass is 357 g/mol. The Kier molecular flexibility index (Phi) is 6.50. The molecule has 1 amide bonds. The molecule has 140 valence electrons. The van der Waals surface area contributed by atoms with Gasteiger partial charge in [-0.2, -0.15) is 0 Å². The van der Waals surface area contributed by atoms with E-state index in [2.05, 4.69) is 26.1 Å². The highest BCUT2D eigenvalue weighted by atomic mass is 16.5. The van der Waals surface area contributed by atoms with Gasteiger partial charge in [-0.1, -0.05) is 39.0 Å². The van der Waals surface area contributed by atoms with E-state index in [9.17, 15) is 4.79 Å². The van der Waals surface area contributed by atoms with Crippen molar-refractivity contribution in [3.63, 3.8) is 0 Å². The molecular formula is C21H27NO4. The third-order valence-electron chi connectivity index (χ3n) is 3.85. The highest BCUT2D eigenvalue weighted by Crippen LogP contribution is 2.31. The molecule has 0 saturated carbocycles. The lowest BCUT2D eigenvalue weighted by molar-refractivity contribution is -0.118. The first-order valence-corrected chi connectivity index (χ1v) is 8.68. The van der Waals surface area contributed by atoms with Crippen LogP contribution in [-0.4, -0.2) is 26.2 Å². The minimum atomic E-state index is -0.263. The first-order valence-electron chi connectivity index (χ1n) is 8.68. The fraction of sp³-hybridized carbons (Fsp3) is 0.381. The summed E-state index contributed by atoms with van der Waals surface area (Å²) >= 11 is 0. The number of hydrogen-bond acceptors (Lipinski definition) is 4. The van der Waals surface area contributed by atoms with Crippen LogP contribution in [0.2, 0.25) is 0 Å². The van der Waals surface area contributed by atoms with E-state index in [4.69, 9.17) is 14.2 Å². The van der Waals surface area contributed by atoms with E-state index in [0.29, 0.717) is 29.5 Å². The molecule has 5 heteroatoms. The molecule has 0 aliphatic carbocycles. The molecule has 5 nitrogen and oxygen atoms in total. The van der Waals surface area contributed by atoms with Crippen molar-refractivity contribution in [2.75, 3.05) is 25.6 Å². The van der Waals surface area contributed by atoms with E-state index >= 15 is 0 Å². The average Bonchev–Trinajstić information content (AvgIpc) is 2.60. The van der Waals surface area contributed by atoms with Crippen LogP contribution >= 0.6 is 0 Å². The predicted octanol–water partition coefficient (Wildman–Crippen LogP) is 4.41. The standard InChI is InChI=1S/C21H27NO4/c1-6-25-18-9-7-8-10-19(18)26-14-20(23)22-16-13-15(21(2,3)4)11-12-17(16)24-5/h7-13H,6,14H2,1-5H3,(H,22,23). The van der Waals surface area contributed by atoms with Gasteiger partial charge in [0.1, 0.15) is 5.75 Å². The van der Waals surface area contributed by atoms with Gasteiger partial charge in [0.2, 0.25) is 0 Å². The molecule has 2 aromatic carbocycles. The van der Waals surface area contributed by atoms with Gasteiger partial charge in [-0.3, -0.25) is 4.79 Å². The van der Waals surface area contributed by atoms with Crippen molar-refractivity contribution in [2.24, 2.45) is 0 Å². The van der Waals surface area contributed by atoms with Gasteiger partial charge >= 0.3 is 0 Å². The molecule has 0 aliphatic heterocycles. The molecule has 0 radical (unpaired) electrons. The lowest BCUT2D eigenvalue weighted by atomic mass is 9.87. The zero-order valence-corrected chi connectivity index (χ0v) is 16.1. The summed E-state index contributed by atoms with van der Waals surface area (Å²) in [6.07, 6.45) is 0. The molecule has 2 rings (SSSR count). The maximum absolute atomic E-state index is 12.4. The summed E-state index contributed by atoms with van der Waals surface area (Å²) in [5.74, 6) is 1.51. The average molecular weight is 357 g/mol. The van der Waals surface area contributed by atoms with Crippen molar-refractivity contribution < 1.29 is 19.0 Å². The summed E-state index contributed by atoms with van der Waals surface area (Å²) < 4.78 is 16.5. The smallest absolute Gasteiger partial charge is 0.262 e. The molecule has 0 unspecified atom stereocenters. The Morgan fingerprint density at radius 3 is 2.23 bits per heavy atom. The van der Waals surface area contributed by atoms with E-state index in [1.165, 1.54) is 0 Å². The summed E-state index contributed by atoms with van der Waals surface area (Å²) in [6, 6.07) is 13.1. The van der Waals surface area contributed by atoms with E-state index in [-0.39, 0.29) is 17.9 Å². The Hall–Kier alpha value is -2.69. The molecule has 26 heavy (non-hydrogen) atoms. The Bertz CT molecular complexity index is 750. The van der Waals surface area contributed by atoms with Gasteiger partial charge in [0.25, 0.3) is 5.91 Å². The number of carbonyl (C=O) groups excluding carboxylic acids is 1. The Morgan fingerprint density at radius 2 is 1.65 bits per heavy atom. The number of benzene rings is 2. The first kappa shape index (κ1) is 19.6. The number of carbonyl (C=O) groups is 1. The van der Waals surface area contributed by atoms with Gasteiger partial charge < -0.3 is 19.5 Å². The van der Waals surface area contributed by atoms with Gasteiger partial charge in [0.05, 0.1) is 19.4 Å². The van der Waals surface area contributed by atoms with Gasteiger partial charge in [0, 0.05) is 0 Å². The van der Waals surface area contributed by atoms with E-state index in [1.54, 1.807) is 13.2 Å². The van der Waals surface area contributed by atoms with Crippen molar-refractivity contribution in [3.05, 3.63) is 48.0 Å². The summed E-state index contributed by atoms with van der Waals surface area (Å²) in [5, 5.41) is 2.87. The topological polar surface area (TPSA) is 56.8 Å². The molecule has 2 aromatic rings. The first-order chi connectivity index (χ1) is 12.3. The molecule has 0 heterocycles. The normalized spacial score (nSPS) is 11.0. The van der Waals surface area contributed by atoms with Crippen LogP contribution in [0, 0.1) is 0 Å². The Morgan fingerprint density at radius 1 is 1.00 bits per heavy atom. The maximum Gasteiger partial charge on any atom is 0.262 e. The molecule has 0 saturated heterocycles. The third-order valence-corrected chi connectivity index (χ3v) is 3.85. The van der Waals surface area contributed by atoms with Crippen LogP contribution in [0.15, 0.2) is 42.5 Å². The van der Waals surface area contributed by atoms with Crippen molar-refractivity contribution in [2.45, 2.75) is 33.1 Å². The van der Waals surface area contributed by atoms with Crippen LogP contribution in [0.5, 0.6) is 17.2 Å².